The molecule has 0 aliphatic heterocycles. The number of methoxy groups -OCH3 is 2. The first-order valence-electron chi connectivity index (χ1n) is 4.87. The van der Waals surface area contributed by atoms with Gasteiger partial charge in [0.1, 0.15) is 10.7 Å². The third-order valence-electron chi connectivity index (χ3n) is 2.27. The Morgan fingerprint density at radius 1 is 1.33 bits per heavy atom. The molecule has 2 N–H and O–H groups in total. The van der Waals surface area contributed by atoms with Gasteiger partial charge in [0, 0.05) is 18.4 Å². The molecule has 0 saturated carbocycles. The number of hydrogen-bond acceptors (Lipinski definition) is 6. The van der Waals surface area contributed by atoms with E-state index in [-0.39, 0.29) is 23.6 Å². The van der Waals surface area contributed by atoms with Crippen molar-refractivity contribution in [3.8, 4) is 11.5 Å². The third-order valence-corrected chi connectivity index (χ3v) is 3.39. The molecular formula is C10H14FNO5S. The van der Waals surface area contributed by atoms with Gasteiger partial charge in [-0.1, -0.05) is 0 Å². The van der Waals surface area contributed by atoms with Crippen LogP contribution >= 0.6 is 0 Å². The number of benzene rings is 1. The van der Waals surface area contributed by atoms with Crippen LogP contribution in [0.4, 0.5) is 4.39 Å². The molecule has 0 saturated heterocycles. The lowest BCUT2D eigenvalue weighted by molar-refractivity contribution is 0.159. The molecule has 0 spiro atoms. The van der Waals surface area contributed by atoms with E-state index in [0.29, 0.717) is 0 Å². The van der Waals surface area contributed by atoms with E-state index in [9.17, 15) is 12.8 Å². The molecule has 0 fully saturated rings. The Kier molecular flexibility index (Phi) is 4.49. The monoisotopic (exact) mass is 279 g/mol. The Balaban J connectivity index is 3.66. The maximum atomic E-state index is 13.8. The Labute approximate surface area is 104 Å². The van der Waals surface area contributed by atoms with Crippen LogP contribution in [0.25, 0.3) is 0 Å². The SMILES string of the molecule is COc1c(CNO)cc(F)c(S(C)(=O)=O)c1OC. The molecule has 0 aromatic heterocycles. The Morgan fingerprint density at radius 2 is 1.89 bits per heavy atom. The minimum Gasteiger partial charge on any atom is -0.492 e. The lowest BCUT2D eigenvalue weighted by Crippen LogP contribution is -2.12. The first-order chi connectivity index (χ1) is 8.36. The maximum absolute atomic E-state index is 13.8. The molecule has 0 bridgehead atoms. The van der Waals surface area contributed by atoms with Crippen molar-refractivity contribution in [1.29, 1.82) is 0 Å². The molecule has 18 heavy (non-hydrogen) atoms. The lowest BCUT2D eigenvalue weighted by atomic mass is 10.1. The number of hydroxylamine groups is 1. The van der Waals surface area contributed by atoms with Crippen molar-refractivity contribution in [1.82, 2.24) is 5.48 Å². The van der Waals surface area contributed by atoms with Crippen molar-refractivity contribution in [2.45, 2.75) is 11.4 Å². The zero-order chi connectivity index (χ0) is 13.9. The molecule has 0 aliphatic carbocycles. The number of hydrogen-bond donors (Lipinski definition) is 2. The topological polar surface area (TPSA) is 84.9 Å². The smallest absolute Gasteiger partial charge is 0.182 e. The van der Waals surface area contributed by atoms with Crippen LogP contribution in [0.3, 0.4) is 0 Å². The fourth-order valence-electron chi connectivity index (χ4n) is 1.61. The number of halogens is 1. The minimum atomic E-state index is -3.80. The average molecular weight is 279 g/mol. The summed E-state index contributed by atoms with van der Waals surface area (Å²) in [6.45, 7) is -0.111. The number of sulfone groups is 1. The number of nitrogens with one attached hydrogen (secondary N) is 1. The highest BCUT2D eigenvalue weighted by molar-refractivity contribution is 7.90. The zero-order valence-corrected chi connectivity index (χ0v) is 11.0. The summed E-state index contributed by atoms with van der Waals surface area (Å²) >= 11 is 0. The fourth-order valence-corrected chi connectivity index (χ4v) is 2.54. The van der Waals surface area contributed by atoms with E-state index in [2.05, 4.69) is 0 Å². The Bertz CT molecular complexity index is 544. The van der Waals surface area contributed by atoms with E-state index in [1.54, 1.807) is 0 Å². The van der Waals surface area contributed by atoms with Gasteiger partial charge in [-0.15, -0.1) is 0 Å². The summed E-state index contributed by atoms with van der Waals surface area (Å²) < 4.78 is 46.8. The largest absolute Gasteiger partial charge is 0.492 e. The Morgan fingerprint density at radius 3 is 2.28 bits per heavy atom. The molecule has 0 heterocycles. The van der Waals surface area contributed by atoms with Gasteiger partial charge < -0.3 is 14.7 Å². The van der Waals surface area contributed by atoms with Gasteiger partial charge >= 0.3 is 0 Å². The lowest BCUT2D eigenvalue weighted by Gasteiger charge is -2.16. The predicted octanol–water partition coefficient (Wildman–Crippen LogP) is 0.725. The van der Waals surface area contributed by atoms with Gasteiger partial charge in [-0.2, -0.15) is 0 Å². The van der Waals surface area contributed by atoms with Crippen molar-refractivity contribution in [3.05, 3.63) is 17.4 Å². The summed E-state index contributed by atoms with van der Waals surface area (Å²) in [6.07, 6.45) is 0.872. The van der Waals surface area contributed by atoms with Crippen molar-refractivity contribution >= 4 is 9.84 Å². The van der Waals surface area contributed by atoms with Crippen molar-refractivity contribution in [2.24, 2.45) is 0 Å². The standard InChI is InChI=1S/C10H14FNO5S/c1-16-8-6(5-12-13)4-7(11)10(9(8)17-2)18(3,14)15/h4,12-13H,5H2,1-3H3. The van der Waals surface area contributed by atoms with Gasteiger partial charge in [0.05, 0.1) is 14.2 Å². The summed E-state index contributed by atoms with van der Waals surface area (Å²) in [5, 5.41) is 8.64. The van der Waals surface area contributed by atoms with Gasteiger partial charge in [-0.3, -0.25) is 0 Å². The second kappa shape index (κ2) is 5.51. The highest BCUT2D eigenvalue weighted by Gasteiger charge is 2.26. The van der Waals surface area contributed by atoms with Gasteiger partial charge in [0.2, 0.25) is 0 Å². The van der Waals surface area contributed by atoms with E-state index in [1.807, 2.05) is 5.48 Å². The van der Waals surface area contributed by atoms with E-state index < -0.39 is 20.5 Å². The van der Waals surface area contributed by atoms with Crippen LogP contribution in [0, 0.1) is 5.82 Å². The van der Waals surface area contributed by atoms with Crippen LogP contribution in [0.5, 0.6) is 11.5 Å². The zero-order valence-electron chi connectivity index (χ0n) is 10.2. The number of ether oxygens (including phenoxy) is 2. The summed E-state index contributed by atoms with van der Waals surface area (Å²) in [5.74, 6) is -1.12. The summed E-state index contributed by atoms with van der Waals surface area (Å²) in [4.78, 5) is -0.566. The van der Waals surface area contributed by atoms with Crippen LogP contribution in [0.2, 0.25) is 0 Å². The second-order valence-corrected chi connectivity index (χ2v) is 5.47. The number of rotatable bonds is 5. The van der Waals surface area contributed by atoms with Crippen molar-refractivity contribution < 1.29 is 27.5 Å². The molecule has 1 aromatic carbocycles. The average Bonchev–Trinajstić information content (AvgIpc) is 2.26. The molecule has 102 valence electrons. The molecule has 1 rings (SSSR count). The van der Waals surface area contributed by atoms with Crippen LogP contribution in [0.15, 0.2) is 11.0 Å². The minimum absolute atomic E-state index is 0.0564. The molecule has 0 unspecified atom stereocenters. The van der Waals surface area contributed by atoms with E-state index >= 15 is 0 Å². The second-order valence-electron chi connectivity index (χ2n) is 3.52. The van der Waals surface area contributed by atoms with E-state index in [4.69, 9.17) is 14.7 Å². The van der Waals surface area contributed by atoms with Crippen molar-refractivity contribution in [3.63, 3.8) is 0 Å². The fraction of sp³-hybridized carbons (Fsp3) is 0.400. The first-order valence-corrected chi connectivity index (χ1v) is 6.76. The molecular weight excluding hydrogens is 265 g/mol. The van der Waals surface area contributed by atoms with Crippen LogP contribution < -0.4 is 15.0 Å². The Hall–Kier alpha value is -1.38. The molecule has 1 aromatic rings. The normalized spacial score (nSPS) is 11.4. The first kappa shape index (κ1) is 14.7. The molecule has 0 aliphatic rings. The molecule has 8 heteroatoms. The molecule has 6 nitrogen and oxygen atoms in total. The molecule has 0 amide bonds. The highest BCUT2D eigenvalue weighted by atomic mass is 32.2. The van der Waals surface area contributed by atoms with Crippen LogP contribution in [-0.4, -0.2) is 34.1 Å². The summed E-state index contributed by atoms with van der Waals surface area (Å²) in [5.41, 5.74) is 2.08. The maximum Gasteiger partial charge on any atom is 0.182 e. The molecule has 0 radical (unpaired) electrons. The summed E-state index contributed by atoms with van der Waals surface area (Å²) in [6, 6.07) is 0.973. The van der Waals surface area contributed by atoms with Crippen LogP contribution in [-0.2, 0) is 16.4 Å². The van der Waals surface area contributed by atoms with Gasteiger partial charge in [-0.25, -0.2) is 18.3 Å². The summed E-state index contributed by atoms with van der Waals surface area (Å²) in [7, 11) is -1.30. The van der Waals surface area contributed by atoms with Crippen LogP contribution in [0.1, 0.15) is 5.56 Å². The highest BCUT2D eigenvalue weighted by Crippen LogP contribution is 2.39. The van der Waals surface area contributed by atoms with Gasteiger partial charge in [-0.05, 0) is 6.07 Å². The third kappa shape index (κ3) is 2.71. The van der Waals surface area contributed by atoms with Gasteiger partial charge in [0.15, 0.2) is 21.3 Å². The van der Waals surface area contributed by atoms with E-state index in [1.165, 1.54) is 14.2 Å². The quantitative estimate of drug-likeness (QED) is 0.773. The molecule has 0 atom stereocenters. The van der Waals surface area contributed by atoms with E-state index in [0.717, 1.165) is 12.3 Å². The van der Waals surface area contributed by atoms with Crippen molar-refractivity contribution in [2.75, 3.05) is 20.5 Å². The van der Waals surface area contributed by atoms with Gasteiger partial charge in [0.25, 0.3) is 0 Å². The predicted molar refractivity (Wildman–Crippen MR) is 61.2 cm³/mol.